The first kappa shape index (κ1) is 22.3. The Hall–Kier alpha value is -1.99. The van der Waals surface area contributed by atoms with Gasteiger partial charge in [0, 0.05) is 17.6 Å². The van der Waals surface area contributed by atoms with Crippen LogP contribution < -0.4 is 14.8 Å². The van der Waals surface area contributed by atoms with Crippen LogP contribution in [-0.4, -0.2) is 41.5 Å². The summed E-state index contributed by atoms with van der Waals surface area (Å²) in [7, 11) is 0. The zero-order valence-corrected chi connectivity index (χ0v) is 16.9. The normalized spacial score (nSPS) is 17.3. The summed E-state index contributed by atoms with van der Waals surface area (Å²) < 4.78 is 10.9. The number of rotatable bonds is 7. The van der Waals surface area contributed by atoms with E-state index in [4.69, 9.17) is 26.2 Å². The maximum Gasteiger partial charge on any atom is 0.348 e. The molecule has 0 saturated heterocycles. The predicted octanol–water partition coefficient (Wildman–Crippen LogP) is 3.24. The number of ether oxygens (including phenoxy) is 2. The van der Waals surface area contributed by atoms with Gasteiger partial charge in [0.15, 0.2) is 11.5 Å². The molecule has 0 aliphatic carbocycles. The van der Waals surface area contributed by atoms with Gasteiger partial charge in [0.2, 0.25) is 6.10 Å². The molecule has 1 unspecified atom stereocenters. The van der Waals surface area contributed by atoms with Crippen molar-refractivity contribution >= 4 is 30.0 Å². The SMILES string of the molecule is C[C@H](Cc1ccc2c(c1)OC[C@H](C(=O)O)O2)NCC(O)c1cccc(Cl)c1.Cl. The van der Waals surface area contributed by atoms with Crippen LogP contribution in [0.5, 0.6) is 11.5 Å². The molecule has 0 aromatic heterocycles. The van der Waals surface area contributed by atoms with Crippen molar-refractivity contribution < 1.29 is 24.5 Å². The van der Waals surface area contributed by atoms with Gasteiger partial charge in [0.05, 0.1) is 6.10 Å². The Morgan fingerprint density at radius 3 is 2.79 bits per heavy atom. The molecule has 2 aromatic carbocycles. The van der Waals surface area contributed by atoms with Gasteiger partial charge >= 0.3 is 5.97 Å². The fourth-order valence-corrected chi connectivity index (χ4v) is 3.13. The van der Waals surface area contributed by atoms with Crippen molar-refractivity contribution in [1.82, 2.24) is 5.32 Å². The van der Waals surface area contributed by atoms with E-state index < -0.39 is 18.2 Å². The van der Waals surface area contributed by atoms with Crippen LogP contribution >= 0.6 is 24.0 Å². The van der Waals surface area contributed by atoms with Crippen LogP contribution in [0, 0.1) is 0 Å². The second kappa shape index (κ2) is 9.98. The van der Waals surface area contributed by atoms with Crippen molar-refractivity contribution in [3.8, 4) is 11.5 Å². The van der Waals surface area contributed by atoms with E-state index in [0.717, 1.165) is 17.5 Å². The van der Waals surface area contributed by atoms with Crippen LogP contribution in [0.3, 0.4) is 0 Å². The number of fused-ring (bicyclic) bond motifs is 1. The summed E-state index contributed by atoms with van der Waals surface area (Å²) in [6, 6.07) is 12.8. The van der Waals surface area contributed by atoms with Gasteiger partial charge in [-0.3, -0.25) is 0 Å². The minimum Gasteiger partial charge on any atom is -0.485 e. The summed E-state index contributed by atoms with van der Waals surface area (Å²) in [6.45, 7) is 2.43. The van der Waals surface area contributed by atoms with Crippen molar-refractivity contribution in [2.24, 2.45) is 0 Å². The molecule has 0 saturated carbocycles. The topological polar surface area (TPSA) is 88.0 Å². The van der Waals surface area contributed by atoms with Crippen LogP contribution in [0.4, 0.5) is 0 Å². The fraction of sp³-hybridized carbons (Fsp3) is 0.350. The van der Waals surface area contributed by atoms with E-state index in [-0.39, 0.29) is 25.1 Å². The maximum absolute atomic E-state index is 11.0. The Kier molecular flexibility index (Phi) is 7.95. The van der Waals surface area contributed by atoms with Crippen molar-refractivity contribution in [2.75, 3.05) is 13.2 Å². The van der Waals surface area contributed by atoms with E-state index in [1.165, 1.54) is 0 Å². The number of aliphatic carboxylic acids is 1. The number of carboxylic acids is 1. The molecule has 28 heavy (non-hydrogen) atoms. The fourth-order valence-electron chi connectivity index (χ4n) is 2.93. The van der Waals surface area contributed by atoms with Crippen LogP contribution in [0.2, 0.25) is 5.02 Å². The van der Waals surface area contributed by atoms with Crippen LogP contribution in [-0.2, 0) is 11.2 Å². The first-order valence-corrected chi connectivity index (χ1v) is 9.12. The average molecular weight is 428 g/mol. The van der Waals surface area contributed by atoms with E-state index >= 15 is 0 Å². The van der Waals surface area contributed by atoms with E-state index in [2.05, 4.69) is 5.32 Å². The van der Waals surface area contributed by atoms with Crippen LogP contribution in [0.25, 0.3) is 0 Å². The summed E-state index contributed by atoms with van der Waals surface area (Å²) in [4.78, 5) is 11.0. The lowest BCUT2D eigenvalue weighted by molar-refractivity contribution is -0.147. The van der Waals surface area contributed by atoms with Crippen molar-refractivity contribution in [1.29, 1.82) is 0 Å². The first-order valence-electron chi connectivity index (χ1n) is 8.74. The number of carboxylic acid groups (broad SMARTS) is 1. The lowest BCUT2D eigenvalue weighted by Crippen LogP contribution is -2.36. The molecule has 3 rings (SSSR count). The molecule has 152 valence electrons. The Labute approximate surface area is 174 Å². The van der Waals surface area contributed by atoms with Gasteiger partial charge in [-0.25, -0.2) is 4.79 Å². The third-order valence-corrected chi connectivity index (χ3v) is 4.61. The number of nitrogens with one attached hydrogen (secondary N) is 1. The zero-order valence-electron chi connectivity index (χ0n) is 15.3. The summed E-state index contributed by atoms with van der Waals surface area (Å²) in [5.41, 5.74) is 1.80. The number of hydrogen-bond donors (Lipinski definition) is 3. The van der Waals surface area contributed by atoms with Gasteiger partial charge in [-0.15, -0.1) is 12.4 Å². The lowest BCUT2D eigenvalue weighted by atomic mass is 10.0. The largest absolute Gasteiger partial charge is 0.485 e. The summed E-state index contributed by atoms with van der Waals surface area (Å²) in [6.07, 6.45) is -0.891. The lowest BCUT2D eigenvalue weighted by Gasteiger charge is -2.24. The molecule has 1 aliphatic rings. The Morgan fingerprint density at radius 2 is 2.07 bits per heavy atom. The molecule has 0 amide bonds. The average Bonchev–Trinajstić information content (AvgIpc) is 2.65. The third-order valence-electron chi connectivity index (χ3n) is 4.38. The number of benzene rings is 2. The van der Waals surface area contributed by atoms with Gasteiger partial charge in [-0.05, 0) is 48.7 Å². The zero-order chi connectivity index (χ0) is 19.4. The molecule has 8 heteroatoms. The molecule has 2 aromatic rings. The summed E-state index contributed by atoms with van der Waals surface area (Å²) in [5, 5.41) is 23.2. The Bertz CT molecular complexity index is 817. The molecular weight excluding hydrogens is 405 g/mol. The van der Waals surface area contributed by atoms with E-state index in [1.54, 1.807) is 18.2 Å². The number of aliphatic hydroxyl groups excluding tert-OH is 1. The Balaban J connectivity index is 0.00000280. The highest BCUT2D eigenvalue weighted by Crippen LogP contribution is 2.33. The molecule has 0 bridgehead atoms. The maximum atomic E-state index is 11.0. The molecule has 0 radical (unpaired) electrons. The highest BCUT2D eigenvalue weighted by atomic mass is 35.5. The van der Waals surface area contributed by atoms with Crippen molar-refractivity contribution in [2.45, 2.75) is 31.6 Å². The molecule has 3 atom stereocenters. The molecule has 6 nitrogen and oxygen atoms in total. The second-order valence-electron chi connectivity index (χ2n) is 6.62. The number of aliphatic hydroxyl groups is 1. The van der Waals surface area contributed by atoms with Gasteiger partial charge < -0.3 is 25.0 Å². The summed E-state index contributed by atoms with van der Waals surface area (Å²) >= 11 is 5.96. The number of carbonyl (C=O) groups is 1. The standard InChI is InChI=1S/C20H22ClNO5.ClH/c1-12(22-10-16(23)14-3-2-4-15(21)9-14)7-13-5-6-17-18(8-13)26-11-19(27-17)20(24)25;/h2-6,8-9,12,16,19,22-23H,7,10-11H2,1H3,(H,24,25);1H/t12-,16?,19-;/m1./s1. The molecule has 0 spiro atoms. The first-order chi connectivity index (χ1) is 12.9. The minimum absolute atomic E-state index is 0. The van der Waals surface area contributed by atoms with Crippen LogP contribution in [0.1, 0.15) is 24.2 Å². The van der Waals surface area contributed by atoms with Crippen LogP contribution in [0.15, 0.2) is 42.5 Å². The molecule has 3 N–H and O–H groups in total. The number of hydrogen-bond acceptors (Lipinski definition) is 5. The highest BCUT2D eigenvalue weighted by Gasteiger charge is 2.27. The minimum atomic E-state index is -1.04. The van der Waals surface area contributed by atoms with Crippen molar-refractivity contribution in [3.05, 3.63) is 58.6 Å². The smallest absolute Gasteiger partial charge is 0.348 e. The predicted molar refractivity (Wildman–Crippen MR) is 109 cm³/mol. The van der Waals surface area contributed by atoms with E-state index in [9.17, 15) is 9.90 Å². The molecular formula is C20H23Cl2NO5. The van der Waals surface area contributed by atoms with Gasteiger partial charge in [0.25, 0.3) is 0 Å². The van der Waals surface area contributed by atoms with Gasteiger partial charge in [0.1, 0.15) is 6.61 Å². The van der Waals surface area contributed by atoms with Gasteiger partial charge in [-0.1, -0.05) is 29.8 Å². The monoisotopic (exact) mass is 427 g/mol. The Morgan fingerprint density at radius 1 is 1.29 bits per heavy atom. The molecule has 1 aliphatic heterocycles. The van der Waals surface area contributed by atoms with E-state index in [0.29, 0.717) is 23.1 Å². The molecule has 0 fully saturated rings. The van der Waals surface area contributed by atoms with E-state index in [1.807, 2.05) is 31.2 Å². The summed E-state index contributed by atoms with van der Waals surface area (Å²) in [5.74, 6) is -0.0497. The third kappa shape index (κ3) is 5.75. The van der Waals surface area contributed by atoms with Gasteiger partial charge in [-0.2, -0.15) is 0 Å². The quantitative estimate of drug-likeness (QED) is 0.628. The van der Waals surface area contributed by atoms with Crippen molar-refractivity contribution in [3.63, 3.8) is 0 Å². The number of halogens is 2. The molecule has 1 heterocycles. The second-order valence-corrected chi connectivity index (χ2v) is 7.06. The highest BCUT2D eigenvalue weighted by molar-refractivity contribution is 6.30.